The van der Waals surface area contributed by atoms with Gasteiger partial charge in [-0.2, -0.15) is 0 Å². The molecule has 1 saturated heterocycles. The molecule has 0 aliphatic carbocycles. The van der Waals surface area contributed by atoms with Gasteiger partial charge in [0.15, 0.2) is 0 Å². The molecule has 0 amide bonds. The molecule has 0 saturated carbocycles. The second-order valence-corrected chi connectivity index (χ2v) is 4.71. The van der Waals surface area contributed by atoms with Crippen molar-refractivity contribution >= 4 is 11.6 Å². The van der Waals surface area contributed by atoms with Crippen molar-refractivity contribution in [3.05, 3.63) is 34.9 Å². The molecule has 1 atom stereocenters. The standard InChI is InChI=1S/C13H18ClNO/c1-15-13(10-5-7-16-8-6-10)11-3-2-4-12(14)9-11/h2-4,9-10,13,15H,5-8H2,1H3. The van der Waals surface area contributed by atoms with Crippen molar-refractivity contribution < 1.29 is 4.74 Å². The zero-order chi connectivity index (χ0) is 11.4. The number of nitrogens with one attached hydrogen (secondary N) is 1. The number of ether oxygens (including phenoxy) is 1. The molecule has 1 unspecified atom stereocenters. The summed E-state index contributed by atoms with van der Waals surface area (Å²) in [4.78, 5) is 0. The van der Waals surface area contributed by atoms with Gasteiger partial charge in [0.1, 0.15) is 0 Å². The van der Waals surface area contributed by atoms with Gasteiger partial charge in [-0.15, -0.1) is 0 Å². The molecule has 1 aliphatic heterocycles. The van der Waals surface area contributed by atoms with E-state index in [-0.39, 0.29) is 0 Å². The summed E-state index contributed by atoms with van der Waals surface area (Å²) in [6.07, 6.45) is 2.25. The van der Waals surface area contributed by atoms with Crippen LogP contribution in [0.1, 0.15) is 24.4 Å². The zero-order valence-corrected chi connectivity index (χ0v) is 10.3. The van der Waals surface area contributed by atoms with Gasteiger partial charge in [-0.3, -0.25) is 0 Å². The second-order valence-electron chi connectivity index (χ2n) is 4.27. The highest BCUT2D eigenvalue weighted by Gasteiger charge is 2.24. The molecule has 1 N–H and O–H groups in total. The fourth-order valence-corrected chi connectivity index (χ4v) is 2.62. The quantitative estimate of drug-likeness (QED) is 0.876. The summed E-state index contributed by atoms with van der Waals surface area (Å²) in [6, 6.07) is 8.52. The van der Waals surface area contributed by atoms with Crippen molar-refractivity contribution in [3.8, 4) is 0 Å². The van der Waals surface area contributed by atoms with Crippen molar-refractivity contribution in [1.29, 1.82) is 0 Å². The molecule has 1 aromatic rings. The SMILES string of the molecule is CNC(c1cccc(Cl)c1)C1CCOCC1. The van der Waals surface area contributed by atoms with Crippen LogP contribution < -0.4 is 5.32 Å². The Morgan fingerprint density at radius 2 is 2.12 bits per heavy atom. The fraction of sp³-hybridized carbons (Fsp3) is 0.538. The first-order chi connectivity index (χ1) is 7.81. The van der Waals surface area contributed by atoms with Crippen LogP contribution in [0.25, 0.3) is 0 Å². The van der Waals surface area contributed by atoms with E-state index in [0.717, 1.165) is 31.1 Å². The van der Waals surface area contributed by atoms with E-state index in [9.17, 15) is 0 Å². The Labute approximate surface area is 102 Å². The first kappa shape index (κ1) is 11.9. The predicted octanol–water partition coefficient (Wildman–Crippen LogP) is 3.03. The van der Waals surface area contributed by atoms with Gasteiger partial charge in [-0.05, 0) is 43.5 Å². The van der Waals surface area contributed by atoms with Crippen molar-refractivity contribution in [2.24, 2.45) is 5.92 Å². The monoisotopic (exact) mass is 239 g/mol. The van der Waals surface area contributed by atoms with E-state index in [2.05, 4.69) is 17.4 Å². The lowest BCUT2D eigenvalue weighted by Crippen LogP contribution is -2.29. The van der Waals surface area contributed by atoms with Crippen LogP contribution in [0.4, 0.5) is 0 Å². The highest BCUT2D eigenvalue weighted by Crippen LogP contribution is 2.30. The third-order valence-electron chi connectivity index (χ3n) is 3.26. The summed E-state index contributed by atoms with van der Waals surface area (Å²) in [5, 5.41) is 4.21. The Hall–Kier alpha value is -0.570. The van der Waals surface area contributed by atoms with Gasteiger partial charge in [-0.1, -0.05) is 23.7 Å². The summed E-state index contributed by atoms with van der Waals surface area (Å²) in [5.41, 5.74) is 1.28. The van der Waals surface area contributed by atoms with Crippen LogP contribution in [0, 0.1) is 5.92 Å². The van der Waals surface area contributed by atoms with E-state index in [1.165, 1.54) is 5.56 Å². The highest BCUT2D eigenvalue weighted by atomic mass is 35.5. The third-order valence-corrected chi connectivity index (χ3v) is 3.49. The summed E-state index contributed by atoms with van der Waals surface area (Å²) in [7, 11) is 2.01. The normalized spacial score (nSPS) is 19.6. The van der Waals surface area contributed by atoms with Gasteiger partial charge >= 0.3 is 0 Å². The summed E-state index contributed by atoms with van der Waals surface area (Å²) in [5.74, 6) is 0.650. The molecule has 0 spiro atoms. The minimum atomic E-state index is 0.391. The van der Waals surface area contributed by atoms with Crippen LogP contribution in [0.15, 0.2) is 24.3 Å². The Bertz CT molecular complexity index is 336. The molecule has 1 aromatic carbocycles. The smallest absolute Gasteiger partial charge is 0.0469 e. The van der Waals surface area contributed by atoms with Gasteiger partial charge in [0, 0.05) is 24.3 Å². The number of halogens is 1. The Morgan fingerprint density at radius 3 is 2.75 bits per heavy atom. The lowest BCUT2D eigenvalue weighted by atomic mass is 9.87. The van der Waals surface area contributed by atoms with Crippen LogP contribution >= 0.6 is 11.6 Å². The van der Waals surface area contributed by atoms with Crippen molar-refractivity contribution in [2.45, 2.75) is 18.9 Å². The lowest BCUT2D eigenvalue weighted by molar-refractivity contribution is 0.0546. The Morgan fingerprint density at radius 1 is 1.38 bits per heavy atom. The Balaban J connectivity index is 2.14. The molecule has 1 fully saturated rings. The molecule has 1 heterocycles. The average molecular weight is 240 g/mol. The molecular formula is C13H18ClNO. The van der Waals surface area contributed by atoms with Gasteiger partial charge < -0.3 is 10.1 Å². The third kappa shape index (κ3) is 2.76. The van der Waals surface area contributed by atoms with Crippen LogP contribution in [0.5, 0.6) is 0 Å². The van der Waals surface area contributed by atoms with Crippen LogP contribution in [0.3, 0.4) is 0 Å². The second kappa shape index (κ2) is 5.67. The minimum absolute atomic E-state index is 0.391. The maximum absolute atomic E-state index is 6.03. The van der Waals surface area contributed by atoms with Crippen LogP contribution in [-0.2, 0) is 4.74 Å². The lowest BCUT2D eigenvalue weighted by Gasteiger charge is -2.30. The van der Waals surface area contributed by atoms with Gasteiger partial charge in [0.2, 0.25) is 0 Å². The van der Waals surface area contributed by atoms with Crippen molar-refractivity contribution in [1.82, 2.24) is 5.32 Å². The number of hydrogen-bond donors (Lipinski definition) is 1. The van der Waals surface area contributed by atoms with Crippen LogP contribution in [0.2, 0.25) is 5.02 Å². The number of hydrogen-bond acceptors (Lipinski definition) is 2. The van der Waals surface area contributed by atoms with E-state index in [1.54, 1.807) is 0 Å². The van der Waals surface area contributed by atoms with Crippen molar-refractivity contribution in [2.75, 3.05) is 20.3 Å². The van der Waals surface area contributed by atoms with Gasteiger partial charge in [0.05, 0.1) is 0 Å². The van der Waals surface area contributed by atoms with E-state index >= 15 is 0 Å². The molecule has 1 aliphatic rings. The maximum atomic E-state index is 6.03. The van der Waals surface area contributed by atoms with Crippen molar-refractivity contribution in [3.63, 3.8) is 0 Å². The zero-order valence-electron chi connectivity index (χ0n) is 9.58. The fourth-order valence-electron chi connectivity index (χ4n) is 2.42. The molecule has 2 nitrogen and oxygen atoms in total. The maximum Gasteiger partial charge on any atom is 0.0469 e. The molecular weight excluding hydrogens is 222 g/mol. The largest absolute Gasteiger partial charge is 0.381 e. The van der Waals surface area contributed by atoms with E-state index < -0.39 is 0 Å². The molecule has 0 aromatic heterocycles. The first-order valence-corrected chi connectivity index (χ1v) is 6.19. The van der Waals surface area contributed by atoms with E-state index in [0.29, 0.717) is 12.0 Å². The highest BCUT2D eigenvalue weighted by molar-refractivity contribution is 6.30. The van der Waals surface area contributed by atoms with Crippen LogP contribution in [-0.4, -0.2) is 20.3 Å². The molecule has 2 rings (SSSR count). The number of rotatable bonds is 3. The molecule has 16 heavy (non-hydrogen) atoms. The molecule has 88 valence electrons. The predicted molar refractivity (Wildman–Crippen MR) is 66.8 cm³/mol. The summed E-state index contributed by atoms with van der Waals surface area (Å²) >= 11 is 6.03. The molecule has 0 radical (unpaired) electrons. The average Bonchev–Trinajstić information content (AvgIpc) is 2.31. The van der Waals surface area contributed by atoms with E-state index in [1.807, 2.05) is 19.2 Å². The summed E-state index contributed by atoms with van der Waals surface area (Å²) < 4.78 is 5.40. The topological polar surface area (TPSA) is 21.3 Å². The molecule has 3 heteroatoms. The van der Waals surface area contributed by atoms with E-state index in [4.69, 9.17) is 16.3 Å². The number of benzene rings is 1. The van der Waals surface area contributed by atoms with Gasteiger partial charge in [0.25, 0.3) is 0 Å². The summed E-state index contributed by atoms with van der Waals surface area (Å²) in [6.45, 7) is 1.76. The van der Waals surface area contributed by atoms with Gasteiger partial charge in [-0.25, -0.2) is 0 Å². The minimum Gasteiger partial charge on any atom is -0.381 e. The molecule has 0 bridgehead atoms. The first-order valence-electron chi connectivity index (χ1n) is 5.81. The Kier molecular flexibility index (Phi) is 4.22.